The molecule has 0 aliphatic rings. The van der Waals surface area contributed by atoms with Crippen LogP contribution in [0.3, 0.4) is 0 Å². The summed E-state index contributed by atoms with van der Waals surface area (Å²) in [6.45, 7) is 5.62. The van der Waals surface area contributed by atoms with Crippen LogP contribution in [0.4, 0.5) is 0 Å². The summed E-state index contributed by atoms with van der Waals surface area (Å²) in [4.78, 5) is 25.6. The molecule has 3 aromatic rings. The van der Waals surface area contributed by atoms with Crippen molar-refractivity contribution in [3.63, 3.8) is 0 Å². The van der Waals surface area contributed by atoms with E-state index in [9.17, 15) is 9.59 Å². The molecule has 3 rings (SSSR count). The highest BCUT2D eigenvalue weighted by atomic mass is 16.5. The molecule has 0 saturated heterocycles. The van der Waals surface area contributed by atoms with E-state index in [0.717, 1.165) is 11.4 Å². The topological polar surface area (TPSA) is 82.4 Å². The number of rotatable bonds is 7. The molecule has 7 heteroatoms. The highest BCUT2D eigenvalue weighted by Crippen LogP contribution is 2.26. The molecule has 30 heavy (non-hydrogen) atoms. The van der Waals surface area contributed by atoms with E-state index >= 15 is 0 Å². The Hall–Kier alpha value is -3.61. The van der Waals surface area contributed by atoms with Crippen molar-refractivity contribution >= 4 is 11.9 Å². The third kappa shape index (κ3) is 4.35. The summed E-state index contributed by atoms with van der Waals surface area (Å²) in [7, 11) is 1.56. The lowest BCUT2D eigenvalue weighted by Crippen LogP contribution is -2.35. The molecule has 156 valence electrons. The molecular weight excluding hydrogens is 382 g/mol. The summed E-state index contributed by atoms with van der Waals surface area (Å²) in [5.41, 5.74) is 3.31. The van der Waals surface area contributed by atoms with Gasteiger partial charge in [-0.15, -0.1) is 0 Å². The fraction of sp³-hybridized carbons (Fsp3) is 0.261. The van der Waals surface area contributed by atoms with E-state index in [1.165, 1.54) is 0 Å². The second kappa shape index (κ2) is 9.26. The predicted octanol–water partition coefficient (Wildman–Crippen LogP) is 3.53. The predicted molar refractivity (Wildman–Crippen MR) is 113 cm³/mol. The first-order valence-electron chi connectivity index (χ1n) is 9.69. The Bertz CT molecular complexity index is 1030. The van der Waals surface area contributed by atoms with Crippen LogP contribution in [0.25, 0.3) is 5.69 Å². The summed E-state index contributed by atoms with van der Waals surface area (Å²) in [6, 6.07) is 15.3. The van der Waals surface area contributed by atoms with Gasteiger partial charge >= 0.3 is 5.97 Å². The molecule has 0 saturated carbocycles. The van der Waals surface area contributed by atoms with E-state index in [1.54, 1.807) is 43.0 Å². The number of benzene rings is 2. The summed E-state index contributed by atoms with van der Waals surface area (Å²) in [6.07, 6.45) is 0. The van der Waals surface area contributed by atoms with Gasteiger partial charge in [0.2, 0.25) is 0 Å². The Labute approximate surface area is 175 Å². The largest absolute Gasteiger partial charge is 0.497 e. The first-order valence-corrected chi connectivity index (χ1v) is 9.69. The van der Waals surface area contributed by atoms with Crippen LogP contribution in [-0.4, -0.2) is 35.4 Å². The quantitative estimate of drug-likeness (QED) is 0.606. The van der Waals surface area contributed by atoms with Crippen LogP contribution in [0.5, 0.6) is 5.75 Å². The number of amides is 1. The van der Waals surface area contributed by atoms with Gasteiger partial charge in [0, 0.05) is 16.8 Å². The Morgan fingerprint density at radius 1 is 1.07 bits per heavy atom. The molecular formula is C23H25N3O4. The van der Waals surface area contributed by atoms with Crippen molar-refractivity contribution in [3.05, 3.63) is 77.1 Å². The molecule has 1 amide bonds. The number of esters is 1. The number of ether oxygens (including phenoxy) is 2. The van der Waals surface area contributed by atoms with Gasteiger partial charge in [-0.05, 0) is 57.2 Å². The van der Waals surface area contributed by atoms with E-state index in [2.05, 4.69) is 10.4 Å². The van der Waals surface area contributed by atoms with E-state index in [-0.39, 0.29) is 12.5 Å². The van der Waals surface area contributed by atoms with Gasteiger partial charge in [-0.3, -0.25) is 4.79 Å². The Kier molecular flexibility index (Phi) is 6.51. The number of aromatic nitrogens is 2. The minimum Gasteiger partial charge on any atom is -0.497 e. The second-order valence-electron chi connectivity index (χ2n) is 6.72. The minimum atomic E-state index is -0.975. The van der Waals surface area contributed by atoms with E-state index in [0.29, 0.717) is 22.6 Å². The SMILES string of the molecule is CCOC(=O)[C@H](NC(=O)c1ccc(OC)cc1)c1c(C)nn(-c2ccccc2)c1C. The number of para-hydroxylation sites is 1. The Balaban J connectivity index is 1.97. The van der Waals surface area contributed by atoms with E-state index in [4.69, 9.17) is 9.47 Å². The molecule has 0 unspecified atom stereocenters. The van der Waals surface area contributed by atoms with E-state index in [1.807, 2.05) is 44.2 Å². The van der Waals surface area contributed by atoms with Crippen molar-refractivity contribution in [2.45, 2.75) is 26.8 Å². The summed E-state index contributed by atoms with van der Waals surface area (Å²) >= 11 is 0. The molecule has 0 bridgehead atoms. The van der Waals surface area contributed by atoms with E-state index < -0.39 is 12.0 Å². The molecule has 0 aliphatic carbocycles. The Morgan fingerprint density at radius 2 is 1.73 bits per heavy atom. The lowest BCUT2D eigenvalue weighted by Gasteiger charge is -2.18. The molecule has 7 nitrogen and oxygen atoms in total. The first-order chi connectivity index (χ1) is 14.5. The lowest BCUT2D eigenvalue weighted by molar-refractivity contribution is -0.145. The zero-order valence-electron chi connectivity index (χ0n) is 17.5. The molecule has 1 aromatic heterocycles. The maximum atomic E-state index is 12.8. The van der Waals surface area contributed by atoms with Crippen molar-refractivity contribution in [2.24, 2.45) is 0 Å². The second-order valence-corrected chi connectivity index (χ2v) is 6.72. The number of carbonyl (C=O) groups is 2. The number of aryl methyl sites for hydroxylation is 1. The smallest absolute Gasteiger partial charge is 0.333 e. The van der Waals surface area contributed by atoms with Crippen molar-refractivity contribution in [1.29, 1.82) is 0 Å². The van der Waals surface area contributed by atoms with Gasteiger partial charge in [-0.1, -0.05) is 18.2 Å². The minimum absolute atomic E-state index is 0.207. The van der Waals surface area contributed by atoms with Gasteiger partial charge in [0.15, 0.2) is 6.04 Å². The lowest BCUT2D eigenvalue weighted by atomic mass is 10.0. The molecule has 0 spiro atoms. The zero-order valence-corrected chi connectivity index (χ0v) is 17.5. The number of nitrogens with one attached hydrogen (secondary N) is 1. The third-order valence-electron chi connectivity index (χ3n) is 4.79. The van der Waals surface area contributed by atoms with Crippen LogP contribution in [0.2, 0.25) is 0 Å². The number of methoxy groups -OCH3 is 1. The molecule has 2 aromatic carbocycles. The molecule has 0 radical (unpaired) electrons. The zero-order chi connectivity index (χ0) is 21.7. The van der Waals surface area contributed by atoms with Crippen molar-refractivity contribution in [1.82, 2.24) is 15.1 Å². The van der Waals surface area contributed by atoms with Gasteiger partial charge in [0.05, 0.1) is 25.1 Å². The highest BCUT2D eigenvalue weighted by molar-refractivity contribution is 5.97. The van der Waals surface area contributed by atoms with Gasteiger partial charge in [-0.25, -0.2) is 9.48 Å². The van der Waals surface area contributed by atoms with Crippen molar-refractivity contribution in [3.8, 4) is 11.4 Å². The molecule has 0 aliphatic heterocycles. The number of nitrogens with zero attached hydrogens (tertiary/aromatic N) is 2. The number of hydrogen-bond acceptors (Lipinski definition) is 5. The van der Waals surface area contributed by atoms with Gasteiger partial charge in [0.25, 0.3) is 5.91 Å². The van der Waals surface area contributed by atoms with Gasteiger partial charge in [-0.2, -0.15) is 5.10 Å². The van der Waals surface area contributed by atoms with Crippen LogP contribution in [0.15, 0.2) is 54.6 Å². The van der Waals surface area contributed by atoms with Crippen LogP contribution >= 0.6 is 0 Å². The van der Waals surface area contributed by atoms with Gasteiger partial charge < -0.3 is 14.8 Å². The van der Waals surface area contributed by atoms with Gasteiger partial charge in [0.1, 0.15) is 5.75 Å². The van der Waals surface area contributed by atoms with Crippen LogP contribution in [0.1, 0.15) is 40.3 Å². The first kappa shape index (κ1) is 21.1. The van der Waals surface area contributed by atoms with Crippen molar-refractivity contribution in [2.75, 3.05) is 13.7 Å². The van der Waals surface area contributed by atoms with Crippen molar-refractivity contribution < 1.29 is 19.1 Å². The molecule has 1 N–H and O–H groups in total. The summed E-state index contributed by atoms with van der Waals surface area (Å²) in [5.74, 6) is -0.274. The average molecular weight is 407 g/mol. The standard InChI is InChI=1S/C23H25N3O4/c1-5-30-23(28)21(24-22(27)17-11-13-19(29-4)14-12-17)20-15(2)25-26(16(20)3)18-9-7-6-8-10-18/h6-14,21H,5H2,1-4H3,(H,24,27)/t21-/m1/s1. The average Bonchev–Trinajstić information content (AvgIpc) is 3.06. The van der Waals surface area contributed by atoms with Crippen LogP contribution < -0.4 is 10.1 Å². The molecule has 0 fully saturated rings. The number of carbonyl (C=O) groups excluding carboxylic acids is 2. The van der Waals surface area contributed by atoms with Crippen LogP contribution in [-0.2, 0) is 9.53 Å². The van der Waals surface area contributed by atoms with Crippen LogP contribution in [0, 0.1) is 13.8 Å². The molecule has 1 atom stereocenters. The maximum Gasteiger partial charge on any atom is 0.333 e. The fourth-order valence-corrected chi connectivity index (χ4v) is 3.32. The fourth-order valence-electron chi connectivity index (χ4n) is 3.32. The highest BCUT2D eigenvalue weighted by Gasteiger charge is 2.30. The molecule has 1 heterocycles. The maximum absolute atomic E-state index is 12.8. The normalized spacial score (nSPS) is 11.6. The number of hydrogen-bond donors (Lipinski definition) is 1. The monoisotopic (exact) mass is 407 g/mol. The summed E-state index contributed by atoms with van der Waals surface area (Å²) < 4.78 is 12.1. The summed E-state index contributed by atoms with van der Waals surface area (Å²) in [5, 5.41) is 7.40. The Morgan fingerprint density at radius 3 is 2.33 bits per heavy atom. The third-order valence-corrected chi connectivity index (χ3v) is 4.79.